The van der Waals surface area contributed by atoms with Crippen LogP contribution in [0.15, 0.2) is 85.3 Å². The molecule has 1 saturated carbocycles. The van der Waals surface area contributed by atoms with E-state index in [1.807, 2.05) is 53.4 Å². The van der Waals surface area contributed by atoms with Crippen molar-refractivity contribution < 1.29 is 9.59 Å². The van der Waals surface area contributed by atoms with Gasteiger partial charge in [0, 0.05) is 49.0 Å². The molecule has 1 saturated heterocycles. The minimum absolute atomic E-state index is 0.136. The summed E-state index contributed by atoms with van der Waals surface area (Å²) >= 11 is 0. The maximum absolute atomic E-state index is 12.8. The van der Waals surface area contributed by atoms with Crippen LogP contribution >= 0.6 is 0 Å². The maximum atomic E-state index is 12.8. The highest BCUT2D eigenvalue weighted by Gasteiger charge is 2.34. The topological polar surface area (TPSA) is 81.3 Å². The van der Waals surface area contributed by atoms with Gasteiger partial charge in [0.25, 0.3) is 5.91 Å². The predicted molar refractivity (Wildman–Crippen MR) is 145 cm³/mol. The molecule has 0 spiro atoms. The molecule has 0 atom stereocenters. The lowest BCUT2D eigenvalue weighted by Crippen LogP contribution is -2.49. The third kappa shape index (κ3) is 5.11. The van der Waals surface area contributed by atoms with Crippen LogP contribution in [-0.4, -0.2) is 52.9 Å². The number of anilines is 2. The van der Waals surface area contributed by atoms with E-state index in [-0.39, 0.29) is 11.8 Å². The highest BCUT2D eigenvalue weighted by molar-refractivity contribution is 6.04. The number of rotatable bonds is 6. The minimum Gasteiger partial charge on any atom is -0.368 e. The molecular weight excluding hydrogens is 462 g/mol. The fourth-order valence-corrected chi connectivity index (χ4v) is 4.80. The molecule has 0 bridgehead atoms. The SMILES string of the molecule is O=C(Nc1ccc(-c2ccc(-c3cnc[nH]3)cc2)cc1)c1ccc(N2CCN(C(=O)C3CC3)CC2)cc1. The van der Waals surface area contributed by atoms with Crippen molar-refractivity contribution in [1.29, 1.82) is 0 Å². The fraction of sp³-hybridized carbons (Fsp3) is 0.233. The molecule has 2 aliphatic rings. The number of hydrogen-bond acceptors (Lipinski definition) is 4. The molecule has 1 aliphatic carbocycles. The molecule has 2 fully saturated rings. The van der Waals surface area contributed by atoms with E-state index in [1.54, 1.807) is 12.5 Å². The summed E-state index contributed by atoms with van der Waals surface area (Å²) in [7, 11) is 0. The number of carbonyl (C=O) groups excluding carboxylic acids is 2. The molecular formula is C30H29N5O2. The van der Waals surface area contributed by atoms with Crippen LogP contribution in [0.1, 0.15) is 23.2 Å². The zero-order chi connectivity index (χ0) is 25.2. The van der Waals surface area contributed by atoms with Crippen molar-refractivity contribution in [1.82, 2.24) is 14.9 Å². The van der Waals surface area contributed by atoms with E-state index >= 15 is 0 Å². The van der Waals surface area contributed by atoms with Crippen molar-refractivity contribution in [3.8, 4) is 22.4 Å². The van der Waals surface area contributed by atoms with Gasteiger partial charge in [-0.2, -0.15) is 0 Å². The summed E-state index contributed by atoms with van der Waals surface area (Å²) < 4.78 is 0. The molecule has 186 valence electrons. The third-order valence-electron chi connectivity index (χ3n) is 7.18. The minimum atomic E-state index is -0.136. The van der Waals surface area contributed by atoms with Crippen LogP contribution in [0.2, 0.25) is 0 Å². The summed E-state index contributed by atoms with van der Waals surface area (Å²) in [6.45, 7) is 3.18. The number of nitrogens with one attached hydrogen (secondary N) is 2. The Hall–Kier alpha value is -4.39. The Morgan fingerprint density at radius 3 is 2.00 bits per heavy atom. The van der Waals surface area contributed by atoms with E-state index in [9.17, 15) is 9.59 Å². The lowest BCUT2D eigenvalue weighted by atomic mass is 10.0. The van der Waals surface area contributed by atoms with Crippen LogP contribution < -0.4 is 10.2 Å². The quantitative estimate of drug-likeness (QED) is 0.395. The highest BCUT2D eigenvalue weighted by atomic mass is 16.2. The molecule has 7 nitrogen and oxygen atoms in total. The van der Waals surface area contributed by atoms with Gasteiger partial charge in [-0.3, -0.25) is 9.59 Å². The number of aromatic nitrogens is 2. The Bertz CT molecular complexity index is 1370. The van der Waals surface area contributed by atoms with Gasteiger partial charge in [-0.15, -0.1) is 0 Å². The van der Waals surface area contributed by atoms with Gasteiger partial charge in [0.05, 0.1) is 18.2 Å². The Morgan fingerprint density at radius 2 is 1.41 bits per heavy atom. The first-order valence-electron chi connectivity index (χ1n) is 12.8. The number of benzene rings is 3. The molecule has 2 N–H and O–H groups in total. The summed E-state index contributed by atoms with van der Waals surface area (Å²) in [6, 6.07) is 23.9. The standard InChI is InChI=1S/C30H29N5O2/c36-29(24-9-13-27(14-10-24)34-15-17-35(18-16-34)30(37)25-5-6-25)33-26-11-7-22(8-12-26)21-1-3-23(4-2-21)28-19-31-20-32-28/h1-4,7-14,19-20,25H,5-6,15-18H2,(H,31,32)(H,33,36). The molecule has 0 radical (unpaired) electrons. The monoisotopic (exact) mass is 491 g/mol. The first-order valence-corrected chi connectivity index (χ1v) is 12.8. The molecule has 6 rings (SSSR count). The van der Waals surface area contributed by atoms with E-state index in [0.29, 0.717) is 11.5 Å². The van der Waals surface area contributed by atoms with Crippen molar-refractivity contribution in [3.63, 3.8) is 0 Å². The summed E-state index contributed by atoms with van der Waals surface area (Å²) in [5.74, 6) is 0.464. The molecule has 2 heterocycles. The third-order valence-corrected chi connectivity index (χ3v) is 7.18. The van der Waals surface area contributed by atoms with Crippen molar-refractivity contribution in [3.05, 3.63) is 90.9 Å². The molecule has 4 aromatic rings. The van der Waals surface area contributed by atoms with E-state index in [1.165, 1.54) is 0 Å². The summed E-state index contributed by atoms with van der Waals surface area (Å²) in [6.07, 6.45) is 5.58. The number of nitrogens with zero attached hydrogens (tertiary/aromatic N) is 3. The predicted octanol–water partition coefficient (Wildman–Crippen LogP) is 5.05. The smallest absolute Gasteiger partial charge is 0.255 e. The van der Waals surface area contributed by atoms with Crippen molar-refractivity contribution in [2.24, 2.45) is 5.92 Å². The van der Waals surface area contributed by atoms with Gasteiger partial charge in [0.15, 0.2) is 0 Å². The van der Waals surface area contributed by atoms with Crippen molar-refractivity contribution >= 4 is 23.2 Å². The van der Waals surface area contributed by atoms with Gasteiger partial charge >= 0.3 is 0 Å². The average molecular weight is 492 g/mol. The molecule has 3 aromatic carbocycles. The largest absolute Gasteiger partial charge is 0.368 e. The van der Waals surface area contributed by atoms with Crippen LogP contribution in [-0.2, 0) is 4.79 Å². The number of hydrogen-bond donors (Lipinski definition) is 2. The normalized spacial score (nSPS) is 15.5. The van der Waals surface area contributed by atoms with Gasteiger partial charge in [-0.05, 0) is 65.9 Å². The van der Waals surface area contributed by atoms with Crippen molar-refractivity contribution in [2.45, 2.75) is 12.8 Å². The van der Waals surface area contributed by atoms with E-state index in [4.69, 9.17) is 0 Å². The number of H-pyrrole nitrogens is 1. The number of imidazole rings is 1. The first kappa shape index (κ1) is 23.0. The van der Waals surface area contributed by atoms with Crippen LogP contribution in [0.25, 0.3) is 22.4 Å². The van der Waals surface area contributed by atoms with Gasteiger partial charge in [-0.1, -0.05) is 36.4 Å². The second-order valence-electron chi connectivity index (χ2n) is 9.71. The lowest BCUT2D eigenvalue weighted by molar-refractivity contribution is -0.132. The highest BCUT2D eigenvalue weighted by Crippen LogP contribution is 2.31. The van der Waals surface area contributed by atoms with Gasteiger partial charge in [0.1, 0.15) is 0 Å². The van der Waals surface area contributed by atoms with Crippen LogP contribution in [0.3, 0.4) is 0 Å². The van der Waals surface area contributed by atoms with Gasteiger partial charge in [-0.25, -0.2) is 4.98 Å². The summed E-state index contributed by atoms with van der Waals surface area (Å²) in [5.41, 5.74) is 6.71. The second-order valence-corrected chi connectivity index (χ2v) is 9.71. The Labute approximate surface area is 216 Å². The Kier molecular flexibility index (Phi) is 6.18. The second kappa shape index (κ2) is 9.93. The van der Waals surface area contributed by atoms with E-state index in [2.05, 4.69) is 44.5 Å². The number of carbonyl (C=O) groups is 2. The molecule has 1 aromatic heterocycles. The molecule has 1 aliphatic heterocycles. The number of piperazine rings is 1. The van der Waals surface area contributed by atoms with E-state index in [0.717, 1.165) is 72.8 Å². The molecule has 37 heavy (non-hydrogen) atoms. The van der Waals surface area contributed by atoms with E-state index < -0.39 is 0 Å². The average Bonchev–Trinajstić information content (AvgIpc) is 3.66. The summed E-state index contributed by atoms with van der Waals surface area (Å²) in [4.78, 5) is 36.6. The zero-order valence-electron chi connectivity index (χ0n) is 20.6. The first-order chi connectivity index (χ1) is 18.1. The lowest BCUT2D eigenvalue weighted by Gasteiger charge is -2.36. The fourth-order valence-electron chi connectivity index (χ4n) is 4.80. The Morgan fingerprint density at radius 1 is 0.784 bits per heavy atom. The number of amides is 2. The van der Waals surface area contributed by atoms with Gasteiger partial charge in [0.2, 0.25) is 5.91 Å². The van der Waals surface area contributed by atoms with Crippen molar-refractivity contribution in [2.75, 3.05) is 36.4 Å². The zero-order valence-corrected chi connectivity index (χ0v) is 20.6. The van der Waals surface area contributed by atoms with Crippen LogP contribution in [0.4, 0.5) is 11.4 Å². The summed E-state index contributed by atoms with van der Waals surface area (Å²) in [5, 5.41) is 2.99. The molecule has 2 amide bonds. The van der Waals surface area contributed by atoms with Gasteiger partial charge < -0.3 is 20.1 Å². The molecule has 7 heteroatoms. The van der Waals surface area contributed by atoms with Crippen LogP contribution in [0, 0.1) is 5.92 Å². The number of aromatic amines is 1. The Balaban J connectivity index is 1.04. The maximum Gasteiger partial charge on any atom is 0.255 e. The molecule has 0 unspecified atom stereocenters. The van der Waals surface area contributed by atoms with Crippen LogP contribution in [0.5, 0.6) is 0 Å².